The number of likely N-dealkylation sites (tertiary alicyclic amines) is 1. The molecule has 2 aliphatic rings. The molecule has 158 valence electrons. The van der Waals surface area contributed by atoms with Gasteiger partial charge in [-0.3, -0.25) is 4.79 Å². The first-order valence-electron chi connectivity index (χ1n) is 10.3. The van der Waals surface area contributed by atoms with Crippen molar-refractivity contribution in [3.05, 3.63) is 36.0 Å². The molecule has 0 aliphatic carbocycles. The molecular weight excluding hydrogens is 395 g/mol. The number of carbonyl (C=O) groups is 1. The van der Waals surface area contributed by atoms with Crippen molar-refractivity contribution in [2.75, 3.05) is 26.2 Å². The molecule has 1 aromatic heterocycles. The second-order valence-corrected chi connectivity index (χ2v) is 7.87. The van der Waals surface area contributed by atoms with Crippen molar-refractivity contribution in [2.24, 2.45) is 5.92 Å². The number of nitrogens with zero attached hydrogens (tertiary/aromatic N) is 3. The van der Waals surface area contributed by atoms with Crippen molar-refractivity contribution in [1.29, 1.82) is 0 Å². The Labute approximate surface area is 176 Å². The molecule has 3 heterocycles. The third-order valence-electron chi connectivity index (χ3n) is 5.89. The number of piperidine rings is 2. The lowest BCUT2D eigenvalue weighted by Gasteiger charge is -2.31. The van der Waals surface area contributed by atoms with E-state index in [9.17, 15) is 9.18 Å². The van der Waals surface area contributed by atoms with E-state index in [2.05, 4.69) is 15.5 Å². The molecule has 1 unspecified atom stereocenters. The minimum atomic E-state index is -0.293. The first kappa shape index (κ1) is 21.7. The standard InChI is InChI=1S/C21H27FN4O2.ClH/c22-18-6-4-16(5-7-18)20-24-21(28-25-20)17-2-1-13-26(14-17)19(27)8-3-15-9-11-23-12-10-15;/h4-7,15,17,23H,1-3,8-14H2;1H. The van der Waals surface area contributed by atoms with Gasteiger partial charge in [-0.15, -0.1) is 12.4 Å². The highest BCUT2D eigenvalue weighted by Crippen LogP contribution is 2.28. The fraction of sp³-hybridized carbons (Fsp3) is 0.571. The fourth-order valence-corrected chi connectivity index (χ4v) is 4.18. The van der Waals surface area contributed by atoms with Crippen LogP contribution in [0, 0.1) is 11.7 Å². The molecule has 2 aromatic rings. The van der Waals surface area contributed by atoms with Gasteiger partial charge < -0.3 is 14.7 Å². The molecule has 8 heteroatoms. The molecule has 0 radical (unpaired) electrons. The Morgan fingerprint density at radius 1 is 1.21 bits per heavy atom. The highest BCUT2D eigenvalue weighted by atomic mass is 35.5. The van der Waals surface area contributed by atoms with Crippen LogP contribution in [0.5, 0.6) is 0 Å². The molecule has 6 nitrogen and oxygen atoms in total. The average Bonchev–Trinajstić information content (AvgIpc) is 3.24. The largest absolute Gasteiger partial charge is 0.342 e. The normalized spacial score (nSPS) is 20.3. The van der Waals surface area contributed by atoms with Gasteiger partial charge in [0.15, 0.2) is 0 Å². The van der Waals surface area contributed by atoms with Gasteiger partial charge in [0.05, 0.1) is 5.92 Å². The van der Waals surface area contributed by atoms with Crippen molar-refractivity contribution in [3.63, 3.8) is 0 Å². The molecule has 1 atom stereocenters. The number of benzene rings is 1. The van der Waals surface area contributed by atoms with E-state index in [1.807, 2.05) is 4.90 Å². The van der Waals surface area contributed by atoms with E-state index >= 15 is 0 Å². The molecule has 0 saturated carbocycles. The summed E-state index contributed by atoms with van der Waals surface area (Å²) in [5.74, 6) is 1.71. The first-order chi connectivity index (χ1) is 13.7. The van der Waals surface area contributed by atoms with Crippen LogP contribution in [-0.4, -0.2) is 47.1 Å². The Balaban J connectivity index is 0.00000240. The van der Waals surface area contributed by atoms with Crippen LogP contribution in [0.25, 0.3) is 11.4 Å². The van der Waals surface area contributed by atoms with Crippen LogP contribution in [0.3, 0.4) is 0 Å². The first-order valence-corrected chi connectivity index (χ1v) is 10.3. The number of nitrogens with one attached hydrogen (secondary N) is 1. The SMILES string of the molecule is Cl.O=C(CCC1CCNCC1)N1CCCC(c2nc(-c3ccc(F)cc3)no2)C1. The minimum absolute atomic E-state index is 0. The van der Waals surface area contributed by atoms with Gasteiger partial charge >= 0.3 is 0 Å². The quantitative estimate of drug-likeness (QED) is 0.793. The van der Waals surface area contributed by atoms with E-state index in [4.69, 9.17) is 4.52 Å². The third-order valence-corrected chi connectivity index (χ3v) is 5.89. The van der Waals surface area contributed by atoms with Crippen molar-refractivity contribution in [2.45, 2.75) is 44.4 Å². The van der Waals surface area contributed by atoms with Gasteiger partial charge in [-0.25, -0.2) is 4.39 Å². The van der Waals surface area contributed by atoms with Crippen LogP contribution >= 0.6 is 12.4 Å². The Morgan fingerprint density at radius 2 is 1.97 bits per heavy atom. The minimum Gasteiger partial charge on any atom is -0.342 e. The zero-order valence-electron chi connectivity index (χ0n) is 16.5. The third kappa shape index (κ3) is 5.54. The smallest absolute Gasteiger partial charge is 0.231 e. The maximum absolute atomic E-state index is 13.1. The monoisotopic (exact) mass is 422 g/mol. The number of aromatic nitrogens is 2. The summed E-state index contributed by atoms with van der Waals surface area (Å²) in [5, 5.41) is 7.41. The maximum Gasteiger partial charge on any atom is 0.231 e. The van der Waals surface area contributed by atoms with Crippen LogP contribution in [0.1, 0.15) is 50.3 Å². The summed E-state index contributed by atoms with van der Waals surface area (Å²) in [6.45, 7) is 3.58. The lowest BCUT2D eigenvalue weighted by molar-refractivity contribution is -0.132. The lowest BCUT2D eigenvalue weighted by atomic mass is 9.92. The topological polar surface area (TPSA) is 71.3 Å². The van der Waals surface area contributed by atoms with Crippen molar-refractivity contribution in [1.82, 2.24) is 20.4 Å². The fourth-order valence-electron chi connectivity index (χ4n) is 4.18. The maximum atomic E-state index is 13.1. The summed E-state index contributed by atoms with van der Waals surface area (Å²) in [6, 6.07) is 6.05. The van der Waals surface area contributed by atoms with Crippen molar-refractivity contribution < 1.29 is 13.7 Å². The predicted octanol–water partition coefficient (Wildman–Crippen LogP) is 3.78. The van der Waals surface area contributed by atoms with Crippen LogP contribution < -0.4 is 5.32 Å². The van der Waals surface area contributed by atoms with E-state index in [1.54, 1.807) is 12.1 Å². The summed E-state index contributed by atoms with van der Waals surface area (Å²) >= 11 is 0. The van der Waals surface area contributed by atoms with Gasteiger partial charge in [0.1, 0.15) is 5.82 Å². The summed E-state index contributed by atoms with van der Waals surface area (Å²) < 4.78 is 18.6. The molecular formula is C21H28ClFN4O2. The number of halogens is 2. The molecule has 1 N–H and O–H groups in total. The molecule has 0 bridgehead atoms. The number of hydrogen-bond donors (Lipinski definition) is 1. The molecule has 29 heavy (non-hydrogen) atoms. The predicted molar refractivity (Wildman–Crippen MR) is 110 cm³/mol. The number of carbonyl (C=O) groups excluding carboxylic acids is 1. The van der Waals surface area contributed by atoms with E-state index in [0.29, 0.717) is 30.6 Å². The molecule has 1 aromatic carbocycles. The Morgan fingerprint density at radius 3 is 2.72 bits per heavy atom. The number of hydrogen-bond acceptors (Lipinski definition) is 5. The van der Waals surface area contributed by atoms with Crippen molar-refractivity contribution in [3.8, 4) is 11.4 Å². The summed E-state index contributed by atoms with van der Waals surface area (Å²) in [7, 11) is 0. The molecule has 1 amide bonds. The molecule has 2 saturated heterocycles. The summed E-state index contributed by atoms with van der Waals surface area (Å²) in [5.41, 5.74) is 0.724. The number of rotatable bonds is 5. The lowest BCUT2D eigenvalue weighted by Crippen LogP contribution is -2.39. The van der Waals surface area contributed by atoms with E-state index in [1.165, 1.54) is 25.0 Å². The average molecular weight is 423 g/mol. The number of amides is 1. The Bertz CT molecular complexity index is 792. The van der Waals surface area contributed by atoms with Gasteiger partial charge in [-0.2, -0.15) is 4.98 Å². The highest BCUT2D eigenvalue weighted by Gasteiger charge is 2.29. The van der Waals surface area contributed by atoms with Crippen LogP contribution in [0.4, 0.5) is 4.39 Å². The highest BCUT2D eigenvalue weighted by molar-refractivity contribution is 5.85. The van der Waals surface area contributed by atoms with Gasteiger partial charge in [0.2, 0.25) is 17.6 Å². The zero-order chi connectivity index (χ0) is 19.3. The molecule has 2 aliphatic heterocycles. The summed E-state index contributed by atoms with van der Waals surface area (Å²) in [6.07, 6.45) is 5.83. The van der Waals surface area contributed by atoms with Gasteiger partial charge in [-0.05, 0) is 75.4 Å². The van der Waals surface area contributed by atoms with Crippen LogP contribution in [0.15, 0.2) is 28.8 Å². The Kier molecular flexibility index (Phi) is 7.61. The second-order valence-electron chi connectivity index (χ2n) is 7.87. The van der Waals surface area contributed by atoms with Crippen molar-refractivity contribution >= 4 is 18.3 Å². The second kappa shape index (κ2) is 10.2. The Hall–Kier alpha value is -1.99. The van der Waals surface area contributed by atoms with E-state index in [0.717, 1.165) is 44.5 Å². The van der Waals surface area contributed by atoms with Crippen LogP contribution in [-0.2, 0) is 4.79 Å². The molecule has 4 rings (SSSR count). The van der Waals surface area contributed by atoms with Gasteiger partial charge in [-0.1, -0.05) is 5.16 Å². The van der Waals surface area contributed by atoms with Gasteiger partial charge in [0.25, 0.3) is 0 Å². The zero-order valence-corrected chi connectivity index (χ0v) is 17.3. The molecule has 0 spiro atoms. The van der Waals surface area contributed by atoms with Gasteiger partial charge in [0, 0.05) is 25.1 Å². The summed E-state index contributed by atoms with van der Waals surface area (Å²) in [4.78, 5) is 19.1. The molecule has 2 fully saturated rings. The van der Waals surface area contributed by atoms with Crippen LogP contribution in [0.2, 0.25) is 0 Å². The van der Waals surface area contributed by atoms with E-state index in [-0.39, 0.29) is 30.0 Å². The van der Waals surface area contributed by atoms with E-state index < -0.39 is 0 Å².